The van der Waals surface area contributed by atoms with Crippen molar-refractivity contribution in [3.05, 3.63) is 24.6 Å². The van der Waals surface area contributed by atoms with E-state index in [1.54, 1.807) is 6.20 Å². The van der Waals surface area contributed by atoms with Gasteiger partial charge in [-0.25, -0.2) is 9.48 Å². The maximum atomic E-state index is 11.1. The third-order valence-electron chi connectivity index (χ3n) is 5.69. The summed E-state index contributed by atoms with van der Waals surface area (Å²) in [4.78, 5) is 15.6. The summed E-state index contributed by atoms with van der Waals surface area (Å²) < 4.78 is 0.242. The van der Waals surface area contributed by atoms with Crippen molar-refractivity contribution >= 4 is 11.8 Å². The molecule has 1 aliphatic heterocycles. The lowest BCUT2D eigenvalue weighted by Gasteiger charge is -2.32. The molecule has 166 valence electrons. The minimum atomic E-state index is -1.05. The number of amidine groups is 1. The zero-order valence-corrected chi connectivity index (χ0v) is 18.6. The van der Waals surface area contributed by atoms with Crippen LogP contribution in [0.15, 0.2) is 29.5 Å². The highest BCUT2D eigenvalue weighted by Gasteiger charge is 2.34. The van der Waals surface area contributed by atoms with Crippen LogP contribution in [0, 0.1) is 0 Å². The average molecular weight is 406 g/mol. The van der Waals surface area contributed by atoms with Gasteiger partial charge < -0.3 is 15.6 Å². The van der Waals surface area contributed by atoms with Crippen molar-refractivity contribution < 1.29 is 14.4 Å². The van der Waals surface area contributed by atoms with Crippen LogP contribution in [0.5, 0.6) is 0 Å². The SMILES string of the molecule is CCCCC/C=C/CCCCCCCCCCC1=NC=C[N+]1(CCN)CC(=O)[O-]. The van der Waals surface area contributed by atoms with Crippen LogP contribution in [0.1, 0.15) is 96.8 Å². The highest BCUT2D eigenvalue weighted by molar-refractivity contribution is 5.80. The molecule has 0 saturated carbocycles. The van der Waals surface area contributed by atoms with Crippen molar-refractivity contribution in [3.63, 3.8) is 0 Å². The van der Waals surface area contributed by atoms with Crippen LogP contribution in [0.25, 0.3) is 0 Å². The maximum absolute atomic E-state index is 11.1. The average Bonchev–Trinajstić information content (AvgIpc) is 3.06. The number of quaternary nitrogens is 1. The number of hydrogen-bond acceptors (Lipinski definition) is 4. The predicted molar refractivity (Wildman–Crippen MR) is 120 cm³/mol. The molecule has 0 aromatic heterocycles. The van der Waals surface area contributed by atoms with Gasteiger partial charge in [-0.3, -0.25) is 0 Å². The molecule has 0 aliphatic carbocycles. The van der Waals surface area contributed by atoms with E-state index in [9.17, 15) is 9.90 Å². The molecule has 1 aliphatic rings. The normalized spacial score (nSPS) is 18.6. The van der Waals surface area contributed by atoms with Gasteiger partial charge in [0.25, 0.3) is 0 Å². The second-order valence-corrected chi connectivity index (χ2v) is 8.25. The molecule has 0 fully saturated rings. The predicted octanol–water partition coefficient (Wildman–Crippen LogP) is 4.43. The number of rotatable bonds is 19. The van der Waals surface area contributed by atoms with E-state index in [0.29, 0.717) is 13.1 Å². The minimum Gasteiger partial charge on any atom is -0.544 e. The topological polar surface area (TPSA) is 78.5 Å². The Kier molecular flexibility index (Phi) is 14.4. The van der Waals surface area contributed by atoms with E-state index in [0.717, 1.165) is 18.7 Å². The molecule has 1 rings (SSSR count). The summed E-state index contributed by atoms with van der Waals surface area (Å²) in [6.07, 6.45) is 25.7. The smallest absolute Gasteiger partial charge is 0.207 e. The van der Waals surface area contributed by atoms with Crippen LogP contribution in [0.4, 0.5) is 0 Å². The molecule has 0 amide bonds. The van der Waals surface area contributed by atoms with Gasteiger partial charge in [0.15, 0.2) is 0 Å². The number of hydrogen-bond donors (Lipinski definition) is 1. The van der Waals surface area contributed by atoms with Crippen LogP contribution < -0.4 is 10.8 Å². The highest BCUT2D eigenvalue weighted by Crippen LogP contribution is 2.21. The molecule has 5 nitrogen and oxygen atoms in total. The van der Waals surface area contributed by atoms with E-state index in [1.165, 1.54) is 77.0 Å². The monoisotopic (exact) mass is 405 g/mol. The molecule has 0 saturated heterocycles. The largest absolute Gasteiger partial charge is 0.544 e. The van der Waals surface area contributed by atoms with Crippen LogP contribution in [0.2, 0.25) is 0 Å². The molecule has 2 N–H and O–H groups in total. The van der Waals surface area contributed by atoms with Gasteiger partial charge in [-0.05, 0) is 32.1 Å². The van der Waals surface area contributed by atoms with E-state index >= 15 is 0 Å². The van der Waals surface area contributed by atoms with Gasteiger partial charge in [0, 0.05) is 13.0 Å². The first-order chi connectivity index (χ1) is 14.1. The molecular weight excluding hydrogens is 362 g/mol. The number of carbonyl (C=O) groups is 1. The number of carbonyl (C=O) groups excluding carboxylic acids is 1. The second kappa shape index (κ2) is 16.3. The molecule has 0 aromatic carbocycles. The molecule has 1 unspecified atom stereocenters. The van der Waals surface area contributed by atoms with E-state index in [4.69, 9.17) is 5.73 Å². The Balaban J connectivity index is 2.02. The van der Waals surface area contributed by atoms with Crippen molar-refractivity contribution in [1.82, 2.24) is 0 Å². The van der Waals surface area contributed by atoms with Crippen LogP contribution >= 0.6 is 0 Å². The first kappa shape index (κ1) is 25.6. The van der Waals surface area contributed by atoms with Gasteiger partial charge >= 0.3 is 0 Å². The molecule has 0 radical (unpaired) electrons. The first-order valence-corrected chi connectivity index (χ1v) is 11.8. The molecule has 0 spiro atoms. The van der Waals surface area contributed by atoms with Gasteiger partial charge in [-0.2, -0.15) is 0 Å². The Labute approximate surface area is 178 Å². The summed E-state index contributed by atoms with van der Waals surface area (Å²) in [6.45, 7) is 3.18. The summed E-state index contributed by atoms with van der Waals surface area (Å²) in [5.41, 5.74) is 5.70. The van der Waals surface area contributed by atoms with Crippen molar-refractivity contribution in [3.8, 4) is 0 Å². The lowest BCUT2D eigenvalue weighted by molar-refractivity contribution is -0.780. The number of aliphatic carboxylic acids is 1. The highest BCUT2D eigenvalue weighted by atomic mass is 16.4. The molecule has 29 heavy (non-hydrogen) atoms. The fourth-order valence-corrected chi connectivity index (χ4v) is 3.98. The Bertz CT molecular complexity index is 528. The van der Waals surface area contributed by atoms with E-state index in [2.05, 4.69) is 24.1 Å². The number of carboxylic acid groups (broad SMARTS) is 1. The Morgan fingerprint density at radius 1 is 1.00 bits per heavy atom. The lowest BCUT2D eigenvalue weighted by Crippen LogP contribution is -2.55. The summed E-state index contributed by atoms with van der Waals surface area (Å²) in [7, 11) is 0. The van der Waals surface area contributed by atoms with E-state index < -0.39 is 5.97 Å². The molecule has 1 heterocycles. The number of unbranched alkanes of at least 4 members (excludes halogenated alkanes) is 11. The van der Waals surface area contributed by atoms with Gasteiger partial charge in [0.05, 0.1) is 12.2 Å². The Hall–Kier alpha value is -1.46. The van der Waals surface area contributed by atoms with Crippen LogP contribution in [0.3, 0.4) is 0 Å². The quantitative estimate of drug-likeness (QED) is 0.196. The number of allylic oxidation sites excluding steroid dienone is 2. The summed E-state index contributed by atoms with van der Waals surface area (Å²) in [6, 6.07) is 0. The number of aliphatic imine (C=N–C) groups is 1. The third-order valence-corrected chi connectivity index (χ3v) is 5.69. The fraction of sp³-hybridized carbons (Fsp3) is 0.750. The van der Waals surface area contributed by atoms with Crippen LogP contribution in [-0.4, -0.2) is 35.9 Å². The fourth-order valence-electron chi connectivity index (χ4n) is 3.98. The number of nitrogens with zero attached hydrogens (tertiary/aromatic N) is 2. The van der Waals surface area contributed by atoms with E-state index in [-0.39, 0.29) is 11.0 Å². The zero-order chi connectivity index (χ0) is 21.2. The number of carboxylic acids is 1. The summed E-state index contributed by atoms with van der Waals surface area (Å²) in [5, 5.41) is 11.1. The molecule has 0 aromatic rings. The van der Waals surface area contributed by atoms with Gasteiger partial charge in [0.2, 0.25) is 5.84 Å². The zero-order valence-electron chi connectivity index (χ0n) is 18.6. The molecule has 5 heteroatoms. The van der Waals surface area contributed by atoms with Crippen LogP contribution in [-0.2, 0) is 4.79 Å². The number of nitrogens with two attached hydrogens (primary N) is 1. The van der Waals surface area contributed by atoms with Crippen molar-refractivity contribution in [2.24, 2.45) is 10.7 Å². The van der Waals surface area contributed by atoms with Gasteiger partial charge in [-0.15, -0.1) is 0 Å². The second-order valence-electron chi connectivity index (χ2n) is 8.25. The Morgan fingerprint density at radius 3 is 2.17 bits per heavy atom. The standard InChI is InChI=1S/C24H43N3O2/c1-2-3-4-5-6-7-8-9-10-11-12-13-14-15-16-17-23-26-19-21-27(23,20-18-25)22-24(28)29/h6-7,19,21H,2-5,8-18,20,22,25H2,1H3/b7-6+. The molecule has 1 atom stereocenters. The third kappa shape index (κ3) is 11.3. The summed E-state index contributed by atoms with van der Waals surface area (Å²) in [5.74, 6) is -0.132. The van der Waals surface area contributed by atoms with Gasteiger partial charge in [-0.1, -0.05) is 70.4 Å². The summed E-state index contributed by atoms with van der Waals surface area (Å²) >= 11 is 0. The maximum Gasteiger partial charge on any atom is 0.207 e. The minimum absolute atomic E-state index is 0.0690. The van der Waals surface area contributed by atoms with E-state index in [1.807, 2.05) is 6.20 Å². The molecule has 0 bridgehead atoms. The Morgan fingerprint density at radius 2 is 1.59 bits per heavy atom. The first-order valence-electron chi connectivity index (χ1n) is 11.8. The van der Waals surface area contributed by atoms with Crippen molar-refractivity contribution in [1.29, 1.82) is 0 Å². The van der Waals surface area contributed by atoms with Crippen molar-refractivity contribution in [2.75, 3.05) is 19.6 Å². The lowest BCUT2D eigenvalue weighted by atomic mass is 10.1. The van der Waals surface area contributed by atoms with Crippen molar-refractivity contribution in [2.45, 2.75) is 96.8 Å². The van der Waals surface area contributed by atoms with Gasteiger partial charge in [0.1, 0.15) is 19.3 Å². The molecular formula is C24H43N3O2.